The van der Waals surface area contributed by atoms with Crippen LogP contribution in [0.15, 0.2) is 47.1 Å². The quantitative estimate of drug-likeness (QED) is 0.588. The Bertz CT molecular complexity index is 933. The SMILES string of the molecule is COC(=O)c1ccc(Br)c2c1cnn2Cc1ccc(C(F)(F)F)cc1. The van der Waals surface area contributed by atoms with E-state index in [1.807, 2.05) is 0 Å². The van der Waals surface area contributed by atoms with E-state index >= 15 is 0 Å². The van der Waals surface area contributed by atoms with Crippen molar-refractivity contribution in [2.75, 3.05) is 7.11 Å². The van der Waals surface area contributed by atoms with Crippen LogP contribution in [-0.2, 0) is 17.5 Å². The number of fused-ring (bicyclic) bond motifs is 1. The molecule has 1 heterocycles. The van der Waals surface area contributed by atoms with E-state index in [9.17, 15) is 18.0 Å². The Morgan fingerprint density at radius 2 is 1.88 bits per heavy atom. The highest BCUT2D eigenvalue weighted by atomic mass is 79.9. The number of benzene rings is 2. The first-order valence-corrected chi connectivity index (χ1v) is 7.99. The van der Waals surface area contributed by atoms with Crippen molar-refractivity contribution in [3.8, 4) is 0 Å². The molecule has 130 valence electrons. The lowest BCUT2D eigenvalue weighted by atomic mass is 10.1. The summed E-state index contributed by atoms with van der Waals surface area (Å²) in [6, 6.07) is 8.23. The van der Waals surface area contributed by atoms with Gasteiger partial charge in [-0.1, -0.05) is 12.1 Å². The molecule has 3 aromatic rings. The summed E-state index contributed by atoms with van der Waals surface area (Å²) in [5.74, 6) is -0.480. The maximum Gasteiger partial charge on any atom is 0.416 e. The number of hydrogen-bond donors (Lipinski definition) is 0. The predicted molar refractivity (Wildman–Crippen MR) is 89.3 cm³/mol. The van der Waals surface area contributed by atoms with Gasteiger partial charge in [0.25, 0.3) is 0 Å². The second kappa shape index (κ2) is 6.51. The number of ether oxygens (including phenoxy) is 1. The molecule has 0 fully saturated rings. The Morgan fingerprint density at radius 1 is 1.20 bits per heavy atom. The van der Waals surface area contributed by atoms with Crippen LogP contribution in [0, 0.1) is 0 Å². The van der Waals surface area contributed by atoms with Crippen molar-refractivity contribution >= 4 is 32.8 Å². The maximum atomic E-state index is 12.6. The summed E-state index contributed by atoms with van der Waals surface area (Å²) in [6.07, 6.45) is -2.83. The average molecular weight is 413 g/mol. The summed E-state index contributed by atoms with van der Waals surface area (Å²) in [4.78, 5) is 11.9. The van der Waals surface area contributed by atoms with Gasteiger partial charge in [0.05, 0.1) is 36.5 Å². The molecule has 3 rings (SSSR count). The number of hydrogen-bond acceptors (Lipinski definition) is 3. The number of rotatable bonds is 3. The van der Waals surface area contributed by atoms with Gasteiger partial charge in [-0.3, -0.25) is 4.68 Å². The fourth-order valence-corrected chi connectivity index (χ4v) is 3.09. The van der Waals surface area contributed by atoms with Gasteiger partial charge in [0.2, 0.25) is 0 Å². The summed E-state index contributed by atoms with van der Waals surface area (Å²) < 4.78 is 45.0. The van der Waals surface area contributed by atoms with Gasteiger partial charge in [-0.05, 0) is 45.8 Å². The third-order valence-corrected chi connectivity index (χ3v) is 4.41. The average Bonchev–Trinajstić information content (AvgIpc) is 2.99. The first-order chi connectivity index (χ1) is 11.8. The van der Waals surface area contributed by atoms with Crippen molar-refractivity contribution in [1.29, 1.82) is 0 Å². The zero-order chi connectivity index (χ0) is 18.2. The van der Waals surface area contributed by atoms with E-state index in [1.54, 1.807) is 16.8 Å². The molecule has 0 amide bonds. The molecule has 8 heteroatoms. The molecule has 0 unspecified atom stereocenters. The van der Waals surface area contributed by atoms with E-state index in [-0.39, 0.29) is 6.54 Å². The predicted octanol–water partition coefficient (Wildman–Crippen LogP) is 4.65. The molecule has 0 atom stereocenters. The fourth-order valence-electron chi connectivity index (χ4n) is 2.54. The summed E-state index contributed by atoms with van der Waals surface area (Å²) in [6.45, 7) is 0.269. The van der Waals surface area contributed by atoms with Crippen molar-refractivity contribution in [1.82, 2.24) is 9.78 Å². The molecule has 4 nitrogen and oxygen atoms in total. The van der Waals surface area contributed by atoms with Crippen LogP contribution in [0.3, 0.4) is 0 Å². The van der Waals surface area contributed by atoms with Crippen LogP contribution in [0.4, 0.5) is 13.2 Å². The minimum Gasteiger partial charge on any atom is -0.465 e. The van der Waals surface area contributed by atoms with Gasteiger partial charge < -0.3 is 4.74 Å². The second-order valence-corrected chi connectivity index (χ2v) is 6.20. The van der Waals surface area contributed by atoms with Crippen molar-refractivity contribution in [3.63, 3.8) is 0 Å². The molecule has 0 aliphatic heterocycles. The zero-order valence-electron chi connectivity index (χ0n) is 13.0. The second-order valence-electron chi connectivity index (χ2n) is 5.35. The summed E-state index contributed by atoms with van der Waals surface area (Å²) in [7, 11) is 1.29. The smallest absolute Gasteiger partial charge is 0.416 e. The number of methoxy groups -OCH3 is 1. The van der Waals surface area contributed by atoms with Crippen LogP contribution >= 0.6 is 15.9 Å². The summed E-state index contributed by atoms with van der Waals surface area (Å²) >= 11 is 3.42. The monoisotopic (exact) mass is 412 g/mol. The van der Waals surface area contributed by atoms with Crippen LogP contribution < -0.4 is 0 Å². The third kappa shape index (κ3) is 3.39. The van der Waals surface area contributed by atoms with E-state index in [2.05, 4.69) is 21.0 Å². The number of halogens is 4. The van der Waals surface area contributed by atoms with Crippen LogP contribution in [-0.4, -0.2) is 22.9 Å². The minimum absolute atomic E-state index is 0.269. The third-order valence-electron chi connectivity index (χ3n) is 3.77. The van der Waals surface area contributed by atoms with Gasteiger partial charge >= 0.3 is 12.1 Å². The molecule has 0 saturated heterocycles. The molecule has 1 aromatic heterocycles. The normalized spacial score (nSPS) is 11.7. The highest BCUT2D eigenvalue weighted by Crippen LogP contribution is 2.30. The van der Waals surface area contributed by atoms with Crippen molar-refractivity contribution in [3.05, 3.63) is 63.8 Å². The molecule has 25 heavy (non-hydrogen) atoms. The molecule has 0 radical (unpaired) electrons. The first-order valence-electron chi connectivity index (χ1n) is 7.19. The molecule has 0 saturated carbocycles. The number of carbonyl (C=O) groups is 1. The largest absolute Gasteiger partial charge is 0.465 e. The van der Waals surface area contributed by atoms with Gasteiger partial charge in [-0.25, -0.2) is 4.79 Å². The Morgan fingerprint density at radius 3 is 2.48 bits per heavy atom. The van der Waals surface area contributed by atoms with Gasteiger partial charge in [0, 0.05) is 9.86 Å². The van der Waals surface area contributed by atoms with Gasteiger partial charge in [-0.2, -0.15) is 18.3 Å². The van der Waals surface area contributed by atoms with Gasteiger partial charge in [0.1, 0.15) is 0 Å². The van der Waals surface area contributed by atoms with E-state index in [0.717, 1.165) is 16.6 Å². The van der Waals surface area contributed by atoms with Gasteiger partial charge in [-0.15, -0.1) is 0 Å². The summed E-state index contributed by atoms with van der Waals surface area (Å²) in [5.41, 5.74) is 1.01. The number of alkyl halides is 3. The molecule has 0 N–H and O–H groups in total. The summed E-state index contributed by atoms with van der Waals surface area (Å²) in [5, 5.41) is 4.86. The van der Waals surface area contributed by atoms with E-state index < -0.39 is 17.7 Å². The maximum absolute atomic E-state index is 12.6. The van der Waals surface area contributed by atoms with Crippen molar-refractivity contribution in [2.45, 2.75) is 12.7 Å². The fraction of sp³-hybridized carbons (Fsp3) is 0.176. The topological polar surface area (TPSA) is 44.1 Å². The number of carbonyl (C=O) groups excluding carboxylic acids is 1. The van der Waals surface area contributed by atoms with Crippen LogP contribution in [0.25, 0.3) is 10.9 Å². The lowest BCUT2D eigenvalue weighted by Crippen LogP contribution is -2.06. The van der Waals surface area contributed by atoms with E-state index in [1.165, 1.54) is 25.4 Å². The molecule has 2 aromatic carbocycles. The van der Waals surface area contributed by atoms with E-state index in [0.29, 0.717) is 22.0 Å². The Balaban J connectivity index is 1.98. The molecule has 0 aliphatic rings. The lowest BCUT2D eigenvalue weighted by Gasteiger charge is -2.09. The highest BCUT2D eigenvalue weighted by Gasteiger charge is 2.30. The van der Waals surface area contributed by atoms with Crippen LogP contribution in [0.2, 0.25) is 0 Å². The molecular formula is C17H12BrF3N2O2. The Hall–Kier alpha value is -2.35. The van der Waals surface area contributed by atoms with Gasteiger partial charge in [0.15, 0.2) is 0 Å². The number of aromatic nitrogens is 2. The minimum atomic E-state index is -4.37. The molecule has 0 aliphatic carbocycles. The van der Waals surface area contributed by atoms with E-state index in [4.69, 9.17) is 4.74 Å². The Kier molecular flexibility index (Phi) is 4.55. The van der Waals surface area contributed by atoms with Crippen molar-refractivity contribution in [2.24, 2.45) is 0 Å². The van der Waals surface area contributed by atoms with Crippen molar-refractivity contribution < 1.29 is 22.7 Å². The molecule has 0 spiro atoms. The zero-order valence-corrected chi connectivity index (χ0v) is 14.6. The first kappa shape index (κ1) is 17.5. The standard InChI is InChI=1S/C17H12BrF3N2O2/c1-25-16(24)12-6-7-14(18)15-13(12)8-22-23(15)9-10-2-4-11(5-3-10)17(19,20)21/h2-8H,9H2,1H3. The molecule has 0 bridgehead atoms. The Labute approximate surface area is 149 Å². The molecular weight excluding hydrogens is 401 g/mol. The van der Waals surface area contributed by atoms with Crippen LogP contribution in [0.5, 0.6) is 0 Å². The van der Waals surface area contributed by atoms with Crippen LogP contribution in [0.1, 0.15) is 21.5 Å². The number of esters is 1. The highest BCUT2D eigenvalue weighted by molar-refractivity contribution is 9.10. The lowest BCUT2D eigenvalue weighted by molar-refractivity contribution is -0.137. The number of nitrogens with zero attached hydrogens (tertiary/aromatic N) is 2.